The van der Waals surface area contributed by atoms with Gasteiger partial charge in [0, 0.05) is 23.7 Å². The summed E-state index contributed by atoms with van der Waals surface area (Å²) in [5, 5.41) is 12.2. The molecule has 0 saturated carbocycles. The van der Waals surface area contributed by atoms with E-state index >= 15 is 0 Å². The van der Waals surface area contributed by atoms with Crippen molar-refractivity contribution in [2.24, 2.45) is 10.9 Å². The van der Waals surface area contributed by atoms with Crippen molar-refractivity contribution >= 4 is 23.3 Å². The first-order valence-electron chi connectivity index (χ1n) is 6.72. The molecule has 1 heterocycles. The summed E-state index contributed by atoms with van der Waals surface area (Å²) in [6.07, 6.45) is 3.21. The summed E-state index contributed by atoms with van der Waals surface area (Å²) in [6.45, 7) is 4.48. The Hall–Kier alpha value is -1.40. The molecule has 3 N–H and O–H groups in total. The fourth-order valence-corrected chi connectivity index (χ4v) is 3.07. The maximum atomic E-state index is 9.04. The van der Waals surface area contributed by atoms with Crippen LogP contribution in [-0.4, -0.2) is 43.1 Å². The molecule has 0 aliphatic carbocycles. The number of nitrogens with two attached hydrogens (primary N) is 1. The molecule has 0 amide bonds. The van der Waals surface area contributed by atoms with Gasteiger partial charge in [0.1, 0.15) is 0 Å². The largest absolute Gasteiger partial charge is 0.409 e. The fraction of sp³-hybridized carbons (Fsp3) is 0.500. The van der Waals surface area contributed by atoms with E-state index in [-0.39, 0.29) is 11.9 Å². The van der Waals surface area contributed by atoms with E-state index in [4.69, 9.17) is 15.7 Å². The number of thioether (sulfide) groups is 1. The molecule has 1 aliphatic rings. The summed E-state index contributed by atoms with van der Waals surface area (Å²) in [6, 6.07) is 6.01. The molecule has 0 radical (unpaired) electrons. The van der Waals surface area contributed by atoms with Crippen LogP contribution in [0.15, 0.2) is 28.3 Å². The van der Waals surface area contributed by atoms with Crippen LogP contribution in [0.5, 0.6) is 0 Å². The second-order valence-corrected chi connectivity index (χ2v) is 5.53. The topological polar surface area (TPSA) is 71.1 Å². The van der Waals surface area contributed by atoms with Gasteiger partial charge in [0.25, 0.3) is 0 Å². The van der Waals surface area contributed by atoms with Gasteiger partial charge in [0.2, 0.25) is 0 Å². The highest BCUT2D eigenvalue weighted by atomic mass is 32.2. The van der Waals surface area contributed by atoms with E-state index in [1.54, 1.807) is 11.8 Å². The van der Waals surface area contributed by atoms with E-state index in [9.17, 15) is 0 Å². The molecule has 110 valence electrons. The van der Waals surface area contributed by atoms with Gasteiger partial charge >= 0.3 is 0 Å². The number of anilines is 1. The van der Waals surface area contributed by atoms with Gasteiger partial charge < -0.3 is 20.6 Å². The first-order valence-corrected chi connectivity index (χ1v) is 7.95. The highest BCUT2D eigenvalue weighted by molar-refractivity contribution is 7.98. The Morgan fingerprint density at radius 3 is 3.05 bits per heavy atom. The van der Waals surface area contributed by atoms with Crippen molar-refractivity contribution < 1.29 is 9.94 Å². The maximum absolute atomic E-state index is 9.04. The molecule has 0 aromatic heterocycles. The van der Waals surface area contributed by atoms with Crippen LogP contribution in [0, 0.1) is 0 Å². The summed E-state index contributed by atoms with van der Waals surface area (Å²) in [7, 11) is 0. The first kappa shape index (κ1) is 15.0. The van der Waals surface area contributed by atoms with Crippen molar-refractivity contribution in [3.8, 4) is 0 Å². The van der Waals surface area contributed by atoms with E-state index in [0.29, 0.717) is 6.61 Å². The smallest absolute Gasteiger partial charge is 0.173 e. The molecular formula is C14H21N3O2S. The molecule has 2 rings (SSSR count). The molecule has 1 aromatic carbocycles. The van der Waals surface area contributed by atoms with Gasteiger partial charge in [-0.05, 0) is 24.8 Å². The van der Waals surface area contributed by atoms with Crippen LogP contribution in [0.4, 0.5) is 5.69 Å². The van der Waals surface area contributed by atoms with E-state index in [0.717, 1.165) is 35.7 Å². The zero-order chi connectivity index (χ0) is 14.5. The maximum Gasteiger partial charge on any atom is 0.173 e. The third-order valence-corrected chi connectivity index (χ3v) is 4.30. The average molecular weight is 295 g/mol. The highest BCUT2D eigenvalue weighted by Gasteiger charge is 2.23. The number of amidine groups is 1. The molecule has 1 aromatic rings. The summed E-state index contributed by atoms with van der Waals surface area (Å²) < 4.78 is 5.70. The minimum Gasteiger partial charge on any atom is -0.409 e. The minimum absolute atomic E-state index is 0.157. The lowest BCUT2D eigenvalue weighted by Crippen LogP contribution is -2.43. The summed E-state index contributed by atoms with van der Waals surface area (Å²) in [5.74, 6) is 0.157. The third kappa shape index (κ3) is 3.02. The molecule has 6 heteroatoms. The fourth-order valence-electron chi connectivity index (χ4n) is 2.45. The number of morpholine rings is 1. The van der Waals surface area contributed by atoms with Crippen LogP contribution in [0.3, 0.4) is 0 Å². The molecule has 0 spiro atoms. The van der Waals surface area contributed by atoms with Crippen LogP contribution in [0.25, 0.3) is 0 Å². The number of nitrogens with zero attached hydrogens (tertiary/aromatic N) is 2. The van der Waals surface area contributed by atoms with Crippen molar-refractivity contribution in [2.45, 2.75) is 24.3 Å². The van der Waals surface area contributed by atoms with Crippen molar-refractivity contribution in [3.63, 3.8) is 0 Å². The quantitative estimate of drug-likeness (QED) is 0.293. The Bertz CT molecular complexity index is 493. The lowest BCUT2D eigenvalue weighted by molar-refractivity contribution is 0.0384. The lowest BCUT2D eigenvalue weighted by atomic mass is 10.1. The average Bonchev–Trinajstić information content (AvgIpc) is 2.53. The summed E-state index contributed by atoms with van der Waals surface area (Å²) >= 11 is 1.59. The second kappa shape index (κ2) is 6.85. The Morgan fingerprint density at radius 1 is 1.60 bits per heavy atom. The first-order chi connectivity index (χ1) is 9.71. The molecule has 1 fully saturated rings. The number of hydrogen-bond acceptors (Lipinski definition) is 5. The summed E-state index contributed by atoms with van der Waals surface area (Å²) in [5.41, 5.74) is 7.69. The minimum atomic E-state index is 0.157. The van der Waals surface area contributed by atoms with Gasteiger partial charge in [-0.15, -0.1) is 11.8 Å². The van der Waals surface area contributed by atoms with Crippen LogP contribution in [0.2, 0.25) is 0 Å². The number of rotatable bonds is 4. The molecule has 0 bridgehead atoms. The molecule has 1 saturated heterocycles. The predicted molar refractivity (Wildman–Crippen MR) is 83.0 cm³/mol. The van der Waals surface area contributed by atoms with Crippen molar-refractivity contribution in [2.75, 3.05) is 30.9 Å². The Balaban J connectivity index is 2.40. The standard InChI is InChI=1S/C14H21N3O2S/c1-3-10-9-17(7-8-19-10)11-5-4-6-12(20-2)13(11)14(15)16-18/h4-6,10,18H,3,7-9H2,1-2H3,(H2,15,16). The van der Waals surface area contributed by atoms with Gasteiger partial charge in [-0.25, -0.2) is 0 Å². The molecule has 1 unspecified atom stereocenters. The van der Waals surface area contributed by atoms with Crippen LogP contribution >= 0.6 is 11.8 Å². The number of hydrogen-bond donors (Lipinski definition) is 2. The van der Waals surface area contributed by atoms with Gasteiger partial charge in [-0.2, -0.15) is 0 Å². The van der Waals surface area contributed by atoms with E-state index in [1.165, 1.54) is 0 Å². The van der Waals surface area contributed by atoms with Gasteiger partial charge in [0.05, 0.1) is 18.3 Å². The molecular weight excluding hydrogens is 274 g/mol. The monoisotopic (exact) mass is 295 g/mol. The number of benzene rings is 1. The Morgan fingerprint density at radius 2 is 2.40 bits per heavy atom. The normalized spacial score (nSPS) is 20.2. The summed E-state index contributed by atoms with van der Waals surface area (Å²) in [4.78, 5) is 3.27. The SMILES string of the molecule is CCC1CN(c2cccc(SC)c2/C(N)=N/O)CCO1. The van der Waals surface area contributed by atoms with Crippen molar-refractivity contribution in [1.82, 2.24) is 0 Å². The van der Waals surface area contributed by atoms with E-state index in [1.807, 2.05) is 24.5 Å². The third-order valence-electron chi connectivity index (χ3n) is 3.52. The van der Waals surface area contributed by atoms with Crippen molar-refractivity contribution in [3.05, 3.63) is 23.8 Å². The van der Waals surface area contributed by atoms with Gasteiger partial charge in [-0.1, -0.05) is 18.1 Å². The molecule has 1 aliphatic heterocycles. The highest BCUT2D eigenvalue weighted by Crippen LogP contribution is 2.30. The Kier molecular flexibility index (Phi) is 5.14. The van der Waals surface area contributed by atoms with Gasteiger partial charge in [-0.3, -0.25) is 0 Å². The van der Waals surface area contributed by atoms with E-state index in [2.05, 4.69) is 17.0 Å². The van der Waals surface area contributed by atoms with Crippen LogP contribution < -0.4 is 10.6 Å². The zero-order valence-electron chi connectivity index (χ0n) is 11.9. The second-order valence-electron chi connectivity index (χ2n) is 4.69. The van der Waals surface area contributed by atoms with E-state index < -0.39 is 0 Å². The zero-order valence-corrected chi connectivity index (χ0v) is 12.7. The van der Waals surface area contributed by atoms with Gasteiger partial charge in [0.15, 0.2) is 5.84 Å². The number of oxime groups is 1. The molecule has 5 nitrogen and oxygen atoms in total. The molecule has 20 heavy (non-hydrogen) atoms. The van der Waals surface area contributed by atoms with Crippen LogP contribution in [-0.2, 0) is 4.74 Å². The van der Waals surface area contributed by atoms with Crippen molar-refractivity contribution in [1.29, 1.82) is 0 Å². The van der Waals surface area contributed by atoms with Crippen LogP contribution in [0.1, 0.15) is 18.9 Å². The lowest BCUT2D eigenvalue weighted by Gasteiger charge is -2.35. The predicted octanol–water partition coefficient (Wildman–Crippen LogP) is 2.12. The Labute approximate surface area is 123 Å². The number of ether oxygens (including phenoxy) is 1. The molecule has 1 atom stereocenters.